The third-order valence-electron chi connectivity index (χ3n) is 5.99. The second kappa shape index (κ2) is 9.24. The smallest absolute Gasteiger partial charge is 0.257 e. The van der Waals surface area contributed by atoms with Gasteiger partial charge >= 0.3 is 0 Å². The Morgan fingerprint density at radius 3 is 2.27 bits per heavy atom. The zero-order valence-corrected chi connectivity index (χ0v) is 19.9. The lowest BCUT2D eigenvalue weighted by Gasteiger charge is -2.38. The molecule has 0 amide bonds. The van der Waals surface area contributed by atoms with Gasteiger partial charge in [-0.15, -0.1) is 4.83 Å². The van der Waals surface area contributed by atoms with E-state index in [4.69, 9.17) is 5.73 Å². The molecule has 174 valence electrons. The van der Waals surface area contributed by atoms with Crippen molar-refractivity contribution in [1.82, 2.24) is 14.8 Å². The fourth-order valence-electron chi connectivity index (χ4n) is 3.87. The van der Waals surface area contributed by atoms with Crippen LogP contribution in [-0.2, 0) is 10.0 Å². The summed E-state index contributed by atoms with van der Waals surface area (Å²) in [5.41, 5.74) is 14.0. The number of nitrogens with two attached hydrogens (primary N) is 1. The summed E-state index contributed by atoms with van der Waals surface area (Å²) < 4.78 is 25.1. The SMILES string of the molecule is Cc1ccc(S(=O)(=O)NNc2ncnc(N3CCN(c4cccc(C)c4C)CC3)c2N)cc1. The van der Waals surface area contributed by atoms with E-state index in [1.54, 1.807) is 24.3 Å². The molecule has 0 saturated carbocycles. The van der Waals surface area contributed by atoms with Crippen LogP contribution in [0.3, 0.4) is 0 Å². The Morgan fingerprint density at radius 2 is 1.58 bits per heavy atom. The van der Waals surface area contributed by atoms with Crippen LogP contribution in [0.4, 0.5) is 23.0 Å². The van der Waals surface area contributed by atoms with Crippen LogP contribution < -0.4 is 25.8 Å². The highest BCUT2D eigenvalue weighted by atomic mass is 32.2. The third-order valence-corrected chi connectivity index (χ3v) is 7.26. The molecule has 3 aromatic rings. The van der Waals surface area contributed by atoms with E-state index in [9.17, 15) is 8.42 Å². The maximum absolute atomic E-state index is 12.6. The van der Waals surface area contributed by atoms with Gasteiger partial charge in [0, 0.05) is 31.9 Å². The van der Waals surface area contributed by atoms with Gasteiger partial charge in [-0.1, -0.05) is 29.8 Å². The fraction of sp³-hybridized carbons (Fsp3) is 0.304. The van der Waals surface area contributed by atoms with Crippen LogP contribution in [-0.4, -0.2) is 44.6 Å². The standard InChI is InChI=1S/C23H29N7O2S/c1-16-7-9-19(10-8-16)33(31,32)28-27-22-21(24)23(26-15-25-22)30-13-11-29(12-14-30)20-6-4-5-17(2)18(20)3/h4-10,15,28H,11-14,24H2,1-3H3,(H,25,26,27). The average Bonchev–Trinajstić information content (AvgIpc) is 2.81. The summed E-state index contributed by atoms with van der Waals surface area (Å²) in [7, 11) is -3.77. The van der Waals surface area contributed by atoms with E-state index < -0.39 is 10.0 Å². The molecule has 2 aromatic carbocycles. The summed E-state index contributed by atoms with van der Waals surface area (Å²) in [6, 6.07) is 12.9. The number of nitrogens with zero attached hydrogens (tertiary/aromatic N) is 4. The molecule has 4 rings (SSSR count). The van der Waals surface area contributed by atoms with E-state index >= 15 is 0 Å². The van der Waals surface area contributed by atoms with Crippen molar-refractivity contribution in [1.29, 1.82) is 0 Å². The molecular formula is C23H29N7O2S. The van der Waals surface area contributed by atoms with Crippen molar-refractivity contribution < 1.29 is 8.42 Å². The van der Waals surface area contributed by atoms with E-state index in [1.807, 2.05) is 6.92 Å². The minimum absolute atomic E-state index is 0.149. The molecule has 1 aliphatic heterocycles. The third kappa shape index (κ3) is 4.86. The number of hydrogen-bond donors (Lipinski definition) is 3. The average molecular weight is 468 g/mol. The van der Waals surface area contributed by atoms with E-state index in [1.165, 1.54) is 23.1 Å². The number of anilines is 4. The van der Waals surface area contributed by atoms with Crippen LogP contribution >= 0.6 is 0 Å². The Morgan fingerprint density at radius 1 is 0.909 bits per heavy atom. The van der Waals surface area contributed by atoms with E-state index in [2.05, 4.69) is 62.1 Å². The summed E-state index contributed by atoms with van der Waals surface area (Å²) in [5.74, 6) is 0.801. The Balaban J connectivity index is 1.44. The van der Waals surface area contributed by atoms with Gasteiger partial charge in [-0.05, 0) is 50.1 Å². The van der Waals surface area contributed by atoms with Gasteiger partial charge in [0.2, 0.25) is 0 Å². The van der Waals surface area contributed by atoms with Gasteiger partial charge in [0.1, 0.15) is 12.0 Å². The lowest BCUT2D eigenvalue weighted by molar-refractivity contribution is 0.587. The lowest BCUT2D eigenvalue weighted by Crippen LogP contribution is -2.47. The molecule has 0 unspecified atom stereocenters. The molecule has 0 bridgehead atoms. The molecule has 1 saturated heterocycles. The van der Waals surface area contributed by atoms with Crippen LogP contribution in [0.2, 0.25) is 0 Å². The van der Waals surface area contributed by atoms with E-state index in [0.29, 0.717) is 11.5 Å². The molecule has 1 aromatic heterocycles. The number of hydrogen-bond acceptors (Lipinski definition) is 8. The zero-order valence-electron chi connectivity index (χ0n) is 19.0. The number of sulfonamides is 1. The molecule has 0 aliphatic carbocycles. The number of piperazine rings is 1. The summed E-state index contributed by atoms with van der Waals surface area (Å²) in [6.07, 6.45) is 1.38. The van der Waals surface area contributed by atoms with Gasteiger partial charge in [-0.25, -0.2) is 18.4 Å². The number of aryl methyl sites for hydroxylation is 2. The summed E-state index contributed by atoms with van der Waals surface area (Å²) in [5, 5.41) is 0. The van der Waals surface area contributed by atoms with Gasteiger partial charge in [-0.2, -0.15) is 0 Å². The van der Waals surface area contributed by atoms with Crippen molar-refractivity contribution in [3.63, 3.8) is 0 Å². The maximum Gasteiger partial charge on any atom is 0.257 e. The highest BCUT2D eigenvalue weighted by molar-refractivity contribution is 7.89. The van der Waals surface area contributed by atoms with Gasteiger partial charge in [0.05, 0.1) is 4.90 Å². The van der Waals surface area contributed by atoms with Gasteiger partial charge in [0.25, 0.3) is 10.0 Å². The largest absolute Gasteiger partial charge is 0.393 e. The number of nitrogen functional groups attached to an aromatic ring is 1. The predicted octanol–water partition coefficient (Wildman–Crippen LogP) is 2.62. The zero-order chi connectivity index (χ0) is 23.6. The quantitative estimate of drug-likeness (QED) is 0.474. The molecule has 1 aliphatic rings. The first-order chi connectivity index (χ1) is 15.8. The second-order valence-corrected chi connectivity index (χ2v) is 9.88. The molecule has 4 N–H and O–H groups in total. The van der Waals surface area contributed by atoms with Gasteiger partial charge in [0.15, 0.2) is 11.6 Å². The van der Waals surface area contributed by atoms with E-state index in [0.717, 1.165) is 31.7 Å². The molecule has 10 heteroatoms. The maximum atomic E-state index is 12.6. The first kappa shape index (κ1) is 22.8. The van der Waals surface area contributed by atoms with Gasteiger partial charge in [-0.3, -0.25) is 5.43 Å². The minimum Gasteiger partial charge on any atom is -0.393 e. The topological polar surface area (TPSA) is 116 Å². The molecular weight excluding hydrogens is 438 g/mol. The number of benzene rings is 2. The van der Waals surface area contributed by atoms with Crippen molar-refractivity contribution >= 4 is 33.0 Å². The molecule has 0 radical (unpaired) electrons. The fourth-order valence-corrected chi connectivity index (χ4v) is 4.71. The summed E-state index contributed by atoms with van der Waals surface area (Å²) in [6.45, 7) is 9.31. The monoisotopic (exact) mass is 467 g/mol. The molecule has 0 atom stereocenters. The first-order valence-electron chi connectivity index (χ1n) is 10.8. The predicted molar refractivity (Wildman–Crippen MR) is 132 cm³/mol. The van der Waals surface area contributed by atoms with Crippen LogP contribution in [0.1, 0.15) is 16.7 Å². The normalized spacial score (nSPS) is 14.4. The van der Waals surface area contributed by atoms with Crippen molar-refractivity contribution in [2.24, 2.45) is 0 Å². The number of aromatic nitrogens is 2. The Kier molecular flexibility index (Phi) is 6.39. The number of hydrazine groups is 1. The Bertz CT molecular complexity index is 1240. The van der Waals surface area contributed by atoms with Crippen LogP contribution in [0.25, 0.3) is 0 Å². The summed E-state index contributed by atoms with van der Waals surface area (Å²) in [4.78, 5) is 15.4. The number of nitrogens with one attached hydrogen (secondary N) is 2. The molecule has 33 heavy (non-hydrogen) atoms. The Labute approximate surface area is 194 Å². The van der Waals surface area contributed by atoms with Crippen LogP contribution in [0.15, 0.2) is 53.7 Å². The summed E-state index contributed by atoms with van der Waals surface area (Å²) >= 11 is 0. The highest BCUT2D eigenvalue weighted by Gasteiger charge is 2.23. The van der Waals surface area contributed by atoms with E-state index in [-0.39, 0.29) is 10.7 Å². The first-order valence-corrected chi connectivity index (χ1v) is 12.3. The molecule has 2 heterocycles. The van der Waals surface area contributed by atoms with Crippen LogP contribution in [0.5, 0.6) is 0 Å². The van der Waals surface area contributed by atoms with Gasteiger partial charge < -0.3 is 15.5 Å². The van der Waals surface area contributed by atoms with Crippen LogP contribution in [0, 0.1) is 20.8 Å². The molecule has 9 nitrogen and oxygen atoms in total. The van der Waals surface area contributed by atoms with Crippen molar-refractivity contribution in [3.8, 4) is 0 Å². The second-order valence-electron chi connectivity index (χ2n) is 8.20. The highest BCUT2D eigenvalue weighted by Crippen LogP contribution is 2.29. The minimum atomic E-state index is -3.77. The van der Waals surface area contributed by atoms with Crippen molar-refractivity contribution in [3.05, 3.63) is 65.5 Å². The Hall–Kier alpha value is -3.37. The molecule has 0 spiro atoms. The van der Waals surface area contributed by atoms with Crippen molar-refractivity contribution in [2.75, 3.05) is 47.1 Å². The number of rotatable bonds is 6. The molecule has 1 fully saturated rings. The van der Waals surface area contributed by atoms with Crippen molar-refractivity contribution in [2.45, 2.75) is 25.7 Å². The lowest BCUT2D eigenvalue weighted by atomic mass is 10.1.